The van der Waals surface area contributed by atoms with E-state index in [-0.39, 0.29) is 0 Å². The van der Waals surface area contributed by atoms with Gasteiger partial charge < -0.3 is 15.0 Å². The lowest BCUT2D eigenvalue weighted by atomic mass is 10.2. The number of rotatable bonds is 6. The topological polar surface area (TPSA) is 71.3 Å². The van der Waals surface area contributed by atoms with Crippen molar-refractivity contribution in [3.05, 3.63) is 23.0 Å². The van der Waals surface area contributed by atoms with Gasteiger partial charge >= 0.3 is 5.97 Å². The van der Waals surface area contributed by atoms with Gasteiger partial charge in [-0.1, -0.05) is 25.4 Å². The zero-order chi connectivity index (χ0) is 13.7. The summed E-state index contributed by atoms with van der Waals surface area (Å²) in [7, 11) is 0. The standard InChI is InChI=1S/C12H17ClN2O3/c1-3-5-15-7-8(13)6-10(15)11(16)14-9(4-2)12(17)18/h6-7,9H,3-5H2,1-2H3,(H,14,16)(H,17,18)/t9-/m0/s1. The molecule has 0 fully saturated rings. The molecule has 0 spiro atoms. The van der Waals surface area contributed by atoms with Crippen molar-refractivity contribution in [3.8, 4) is 0 Å². The molecular formula is C12H17ClN2O3. The molecule has 6 heteroatoms. The quantitative estimate of drug-likeness (QED) is 0.833. The second-order valence-corrected chi connectivity index (χ2v) is 4.45. The van der Waals surface area contributed by atoms with Crippen LogP contribution in [0.15, 0.2) is 12.3 Å². The summed E-state index contributed by atoms with van der Waals surface area (Å²) in [6.45, 7) is 4.36. The largest absolute Gasteiger partial charge is 0.480 e. The van der Waals surface area contributed by atoms with Crippen LogP contribution >= 0.6 is 11.6 Å². The van der Waals surface area contributed by atoms with Gasteiger partial charge in [-0.15, -0.1) is 0 Å². The molecule has 0 saturated carbocycles. The highest BCUT2D eigenvalue weighted by atomic mass is 35.5. The van der Waals surface area contributed by atoms with Crippen LogP contribution in [-0.2, 0) is 11.3 Å². The van der Waals surface area contributed by atoms with Crippen molar-refractivity contribution >= 4 is 23.5 Å². The molecule has 1 aromatic heterocycles. The van der Waals surface area contributed by atoms with Gasteiger partial charge in [-0.2, -0.15) is 0 Å². The van der Waals surface area contributed by atoms with Gasteiger partial charge in [0.25, 0.3) is 5.91 Å². The number of hydrogen-bond donors (Lipinski definition) is 2. The average molecular weight is 273 g/mol. The third kappa shape index (κ3) is 3.50. The van der Waals surface area contributed by atoms with Gasteiger partial charge in [0.2, 0.25) is 0 Å². The highest BCUT2D eigenvalue weighted by Crippen LogP contribution is 2.15. The Bertz CT molecular complexity index is 443. The van der Waals surface area contributed by atoms with E-state index < -0.39 is 17.9 Å². The number of aliphatic carboxylic acids is 1. The SMILES string of the molecule is CCCn1cc(Cl)cc1C(=O)N[C@@H](CC)C(=O)O. The fraction of sp³-hybridized carbons (Fsp3) is 0.500. The van der Waals surface area contributed by atoms with Crippen molar-refractivity contribution in [1.82, 2.24) is 9.88 Å². The number of carbonyl (C=O) groups is 2. The Morgan fingerprint density at radius 2 is 2.17 bits per heavy atom. The fourth-order valence-corrected chi connectivity index (χ4v) is 1.88. The Kier molecular flexibility index (Phi) is 5.22. The molecule has 5 nitrogen and oxygen atoms in total. The molecule has 1 amide bonds. The first-order valence-electron chi connectivity index (χ1n) is 5.88. The zero-order valence-electron chi connectivity index (χ0n) is 10.4. The van der Waals surface area contributed by atoms with Crippen LogP contribution in [0.2, 0.25) is 5.02 Å². The number of nitrogens with zero attached hydrogens (tertiary/aromatic N) is 1. The lowest BCUT2D eigenvalue weighted by Gasteiger charge is -2.13. The van der Waals surface area contributed by atoms with Gasteiger partial charge in [-0.05, 0) is 18.9 Å². The molecule has 0 saturated heterocycles. The van der Waals surface area contributed by atoms with Gasteiger partial charge in [-0.3, -0.25) is 4.79 Å². The molecule has 100 valence electrons. The number of amides is 1. The lowest BCUT2D eigenvalue weighted by Crippen LogP contribution is -2.40. The van der Waals surface area contributed by atoms with Crippen molar-refractivity contribution in [1.29, 1.82) is 0 Å². The number of aryl methyl sites for hydroxylation is 1. The first kappa shape index (κ1) is 14.6. The van der Waals surface area contributed by atoms with Gasteiger partial charge in [0.1, 0.15) is 11.7 Å². The molecular weight excluding hydrogens is 256 g/mol. The van der Waals surface area contributed by atoms with Crippen LogP contribution in [0.5, 0.6) is 0 Å². The lowest BCUT2D eigenvalue weighted by molar-refractivity contribution is -0.139. The Balaban J connectivity index is 2.86. The number of hydrogen-bond acceptors (Lipinski definition) is 2. The van der Waals surface area contributed by atoms with Gasteiger partial charge in [-0.25, -0.2) is 4.79 Å². The van der Waals surface area contributed by atoms with Crippen LogP contribution in [0.1, 0.15) is 37.2 Å². The van der Waals surface area contributed by atoms with Crippen LogP contribution in [-0.4, -0.2) is 27.6 Å². The van der Waals surface area contributed by atoms with Crippen molar-refractivity contribution < 1.29 is 14.7 Å². The monoisotopic (exact) mass is 272 g/mol. The first-order valence-corrected chi connectivity index (χ1v) is 6.26. The predicted molar refractivity (Wildman–Crippen MR) is 68.9 cm³/mol. The Hall–Kier alpha value is -1.49. The minimum Gasteiger partial charge on any atom is -0.480 e. The van der Waals surface area contributed by atoms with E-state index in [0.29, 0.717) is 23.7 Å². The third-order valence-electron chi connectivity index (χ3n) is 2.57. The molecule has 1 aromatic rings. The molecule has 0 aromatic carbocycles. The van der Waals surface area contributed by atoms with E-state index in [1.54, 1.807) is 23.8 Å². The van der Waals surface area contributed by atoms with E-state index in [1.807, 2.05) is 6.92 Å². The Labute approximate surface area is 111 Å². The number of nitrogens with one attached hydrogen (secondary N) is 1. The highest BCUT2D eigenvalue weighted by molar-refractivity contribution is 6.31. The normalized spacial score (nSPS) is 12.2. The summed E-state index contributed by atoms with van der Waals surface area (Å²) in [6.07, 6.45) is 2.87. The summed E-state index contributed by atoms with van der Waals surface area (Å²) in [5, 5.41) is 11.8. The maximum atomic E-state index is 12.0. The van der Waals surface area contributed by atoms with Crippen molar-refractivity contribution in [2.45, 2.75) is 39.3 Å². The molecule has 0 aliphatic heterocycles. The van der Waals surface area contributed by atoms with Crippen LogP contribution in [0.25, 0.3) is 0 Å². The molecule has 0 bridgehead atoms. The van der Waals surface area contributed by atoms with E-state index in [0.717, 1.165) is 6.42 Å². The summed E-state index contributed by atoms with van der Waals surface area (Å²) >= 11 is 5.86. The van der Waals surface area contributed by atoms with E-state index in [2.05, 4.69) is 5.32 Å². The van der Waals surface area contributed by atoms with Crippen molar-refractivity contribution in [2.24, 2.45) is 0 Å². The fourth-order valence-electron chi connectivity index (χ4n) is 1.66. The third-order valence-corrected chi connectivity index (χ3v) is 2.78. The van der Waals surface area contributed by atoms with Gasteiger partial charge in [0.05, 0.1) is 5.02 Å². The Morgan fingerprint density at radius 3 is 2.67 bits per heavy atom. The summed E-state index contributed by atoms with van der Waals surface area (Å²) in [6, 6.07) is 0.669. The van der Waals surface area contributed by atoms with E-state index in [1.165, 1.54) is 0 Å². The van der Waals surface area contributed by atoms with Crippen LogP contribution < -0.4 is 5.32 Å². The molecule has 1 rings (SSSR count). The summed E-state index contributed by atoms with van der Waals surface area (Å²) < 4.78 is 1.73. The minimum atomic E-state index is -1.04. The number of carboxylic acids is 1. The predicted octanol–water partition coefficient (Wildman–Crippen LogP) is 2.14. The zero-order valence-corrected chi connectivity index (χ0v) is 11.2. The molecule has 0 radical (unpaired) electrons. The Morgan fingerprint density at radius 1 is 1.50 bits per heavy atom. The molecule has 18 heavy (non-hydrogen) atoms. The highest BCUT2D eigenvalue weighted by Gasteiger charge is 2.20. The molecule has 1 heterocycles. The second-order valence-electron chi connectivity index (χ2n) is 4.01. The number of carbonyl (C=O) groups excluding carboxylic acids is 1. The van der Waals surface area contributed by atoms with E-state index >= 15 is 0 Å². The number of carboxylic acid groups (broad SMARTS) is 1. The van der Waals surface area contributed by atoms with E-state index in [9.17, 15) is 9.59 Å². The summed E-state index contributed by atoms with van der Waals surface area (Å²) in [5.74, 6) is -1.45. The summed E-state index contributed by atoms with van der Waals surface area (Å²) in [4.78, 5) is 22.8. The van der Waals surface area contributed by atoms with Crippen molar-refractivity contribution in [2.75, 3.05) is 0 Å². The molecule has 2 N–H and O–H groups in total. The minimum absolute atomic E-state index is 0.337. The van der Waals surface area contributed by atoms with Crippen LogP contribution in [0.4, 0.5) is 0 Å². The maximum Gasteiger partial charge on any atom is 0.326 e. The molecule has 0 aliphatic rings. The molecule has 0 aliphatic carbocycles. The van der Waals surface area contributed by atoms with Crippen LogP contribution in [0, 0.1) is 0 Å². The molecule has 1 atom stereocenters. The van der Waals surface area contributed by atoms with Gasteiger partial charge in [0.15, 0.2) is 0 Å². The smallest absolute Gasteiger partial charge is 0.326 e. The maximum absolute atomic E-state index is 12.0. The first-order chi connectivity index (χ1) is 8.49. The summed E-state index contributed by atoms with van der Waals surface area (Å²) in [5.41, 5.74) is 0.390. The number of halogens is 1. The second kappa shape index (κ2) is 6.44. The van der Waals surface area contributed by atoms with E-state index in [4.69, 9.17) is 16.7 Å². The van der Waals surface area contributed by atoms with Crippen molar-refractivity contribution in [3.63, 3.8) is 0 Å². The molecule has 0 unspecified atom stereocenters. The number of aromatic nitrogens is 1. The van der Waals surface area contributed by atoms with Gasteiger partial charge in [0, 0.05) is 12.7 Å². The average Bonchev–Trinajstić information content (AvgIpc) is 2.67. The van der Waals surface area contributed by atoms with Crippen LogP contribution in [0.3, 0.4) is 0 Å².